The summed E-state index contributed by atoms with van der Waals surface area (Å²) < 4.78 is 0. The van der Waals surface area contributed by atoms with Crippen LogP contribution >= 0.6 is 0 Å². The van der Waals surface area contributed by atoms with Crippen molar-refractivity contribution in [2.24, 2.45) is 0 Å². The van der Waals surface area contributed by atoms with E-state index in [1.807, 2.05) is 43.3 Å². The van der Waals surface area contributed by atoms with Crippen LogP contribution in [0.3, 0.4) is 0 Å². The first-order valence-electron chi connectivity index (χ1n) is 6.00. The van der Waals surface area contributed by atoms with Crippen molar-refractivity contribution < 1.29 is 4.79 Å². The van der Waals surface area contributed by atoms with E-state index in [0.29, 0.717) is 6.54 Å². The second-order valence-electron chi connectivity index (χ2n) is 3.90. The summed E-state index contributed by atoms with van der Waals surface area (Å²) in [6.45, 7) is 2.44. The Morgan fingerprint density at radius 1 is 1.21 bits per heavy atom. The monoisotopic (exact) mass is 251 g/mol. The molecule has 0 spiro atoms. The largest absolute Gasteiger partial charge is 0.307 e. The van der Waals surface area contributed by atoms with E-state index in [1.54, 1.807) is 23.1 Å². The standard InChI is InChI=1S/C15H13N3O/c1-2-18(13-8-4-3-5-9-13)15(19)14-10-6-7-12(11-16)17-14/h3-10H,2H2,1H3. The molecule has 1 aromatic heterocycles. The molecule has 2 aromatic rings. The van der Waals surface area contributed by atoms with Gasteiger partial charge in [0.1, 0.15) is 17.5 Å². The highest BCUT2D eigenvalue weighted by Crippen LogP contribution is 2.15. The van der Waals surface area contributed by atoms with Crippen LogP contribution in [0.25, 0.3) is 0 Å². The minimum atomic E-state index is -0.203. The van der Waals surface area contributed by atoms with Crippen LogP contribution in [0.15, 0.2) is 48.5 Å². The van der Waals surface area contributed by atoms with Crippen molar-refractivity contribution in [2.45, 2.75) is 6.92 Å². The Morgan fingerprint density at radius 3 is 2.58 bits per heavy atom. The molecule has 1 aromatic carbocycles. The third-order valence-corrected chi connectivity index (χ3v) is 2.71. The molecule has 4 heteroatoms. The quantitative estimate of drug-likeness (QED) is 0.842. The first-order valence-corrected chi connectivity index (χ1v) is 6.00. The number of pyridine rings is 1. The number of hydrogen-bond donors (Lipinski definition) is 0. The van der Waals surface area contributed by atoms with Gasteiger partial charge in [-0.1, -0.05) is 24.3 Å². The molecular formula is C15H13N3O. The number of carbonyl (C=O) groups excluding carboxylic acids is 1. The number of carbonyl (C=O) groups is 1. The maximum Gasteiger partial charge on any atom is 0.276 e. The lowest BCUT2D eigenvalue weighted by molar-refractivity contribution is 0.0983. The van der Waals surface area contributed by atoms with E-state index in [-0.39, 0.29) is 17.3 Å². The average molecular weight is 251 g/mol. The smallest absolute Gasteiger partial charge is 0.276 e. The van der Waals surface area contributed by atoms with Crippen LogP contribution in [-0.2, 0) is 0 Å². The maximum absolute atomic E-state index is 12.4. The first kappa shape index (κ1) is 12.8. The zero-order valence-electron chi connectivity index (χ0n) is 10.6. The fourth-order valence-electron chi connectivity index (χ4n) is 1.81. The van der Waals surface area contributed by atoms with Crippen LogP contribution in [0.5, 0.6) is 0 Å². The lowest BCUT2D eigenvalue weighted by Gasteiger charge is -2.20. The Morgan fingerprint density at radius 2 is 1.95 bits per heavy atom. The van der Waals surface area contributed by atoms with E-state index in [2.05, 4.69) is 4.98 Å². The third-order valence-electron chi connectivity index (χ3n) is 2.71. The molecule has 0 aliphatic rings. The van der Waals surface area contributed by atoms with Crippen molar-refractivity contribution in [3.63, 3.8) is 0 Å². The van der Waals surface area contributed by atoms with E-state index in [0.717, 1.165) is 5.69 Å². The van der Waals surface area contributed by atoms with Crippen molar-refractivity contribution in [1.29, 1.82) is 5.26 Å². The minimum Gasteiger partial charge on any atom is -0.307 e. The normalized spacial score (nSPS) is 9.68. The van der Waals surface area contributed by atoms with Crippen molar-refractivity contribution in [3.05, 3.63) is 59.9 Å². The predicted molar refractivity (Wildman–Crippen MR) is 72.7 cm³/mol. The fraction of sp³-hybridized carbons (Fsp3) is 0.133. The summed E-state index contributed by atoms with van der Waals surface area (Å²) in [5.74, 6) is -0.203. The highest BCUT2D eigenvalue weighted by Gasteiger charge is 2.17. The van der Waals surface area contributed by atoms with E-state index >= 15 is 0 Å². The molecule has 0 saturated carbocycles. The number of hydrogen-bond acceptors (Lipinski definition) is 3. The first-order chi connectivity index (χ1) is 9.26. The maximum atomic E-state index is 12.4. The van der Waals surface area contributed by atoms with E-state index in [9.17, 15) is 4.79 Å². The Kier molecular flexibility index (Phi) is 3.89. The number of aromatic nitrogens is 1. The SMILES string of the molecule is CCN(C(=O)c1cccc(C#N)n1)c1ccccc1. The van der Waals surface area contributed by atoms with Gasteiger partial charge in [0, 0.05) is 12.2 Å². The van der Waals surface area contributed by atoms with Crippen LogP contribution in [0, 0.1) is 11.3 Å². The molecule has 0 unspecified atom stereocenters. The van der Waals surface area contributed by atoms with Gasteiger partial charge >= 0.3 is 0 Å². The number of rotatable bonds is 3. The Labute approximate surface area is 111 Å². The summed E-state index contributed by atoms with van der Waals surface area (Å²) in [5, 5.41) is 8.82. The van der Waals surface area contributed by atoms with Gasteiger partial charge in [-0.3, -0.25) is 4.79 Å². The molecule has 0 fully saturated rings. The number of anilines is 1. The molecule has 2 rings (SSSR count). The Balaban J connectivity index is 2.34. The number of amides is 1. The van der Waals surface area contributed by atoms with Gasteiger partial charge in [0.2, 0.25) is 0 Å². The van der Waals surface area contributed by atoms with E-state index in [4.69, 9.17) is 5.26 Å². The van der Waals surface area contributed by atoms with Crippen molar-refractivity contribution in [3.8, 4) is 6.07 Å². The fourth-order valence-corrected chi connectivity index (χ4v) is 1.81. The summed E-state index contributed by atoms with van der Waals surface area (Å²) in [6.07, 6.45) is 0. The topological polar surface area (TPSA) is 57.0 Å². The van der Waals surface area contributed by atoms with Crippen LogP contribution in [0.1, 0.15) is 23.1 Å². The summed E-state index contributed by atoms with van der Waals surface area (Å²) >= 11 is 0. The zero-order valence-corrected chi connectivity index (χ0v) is 10.6. The molecule has 0 radical (unpaired) electrons. The zero-order chi connectivity index (χ0) is 13.7. The van der Waals surface area contributed by atoms with Crippen LogP contribution in [-0.4, -0.2) is 17.4 Å². The molecule has 0 atom stereocenters. The van der Waals surface area contributed by atoms with E-state index in [1.165, 1.54) is 0 Å². The van der Waals surface area contributed by atoms with Crippen LogP contribution in [0.2, 0.25) is 0 Å². The molecule has 94 valence electrons. The average Bonchev–Trinajstić information content (AvgIpc) is 2.49. The van der Waals surface area contributed by atoms with Gasteiger partial charge in [-0.05, 0) is 31.2 Å². The highest BCUT2D eigenvalue weighted by molar-refractivity contribution is 6.04. The second-order valence-corrected chi connectivity index (χ2v) is 3.90. The molecule has 0 aliphatic heterocycles. The van der Waals surface area contributed by atoms with Gasteiger partial charge in [-0.25, -0.2) is 4.98 Å². The summed E-state index contributed by atoms with van der Waals surface area (Å²) in [5.41, 5.74) is 1.35. The van der Waals surface area contributed by atoms with Crippen molar-refractivity contribution in [1.82, 2.24) is 4.98 Å². The molecule has 0 saturated heterocycles. The second kappa shape index (κ2) is 5.78. The number of nitriles is 1. The summed E-state index contributed by atoms with van der Waals surface area (Å²) in [4.78, 5) is 18.1. The van der Waals surface area contributed by atoms with Gasteiger partial charge < -0.3 is 4.90 Å². The van der Waals surface area contributed by atoms with E-state index < -0.39 is 0 Å². The number of benzene rings is 1. The summed E-state index contributed by atoms with van der Waals surface area (Å²) in [6, 6.07) is 16.2. The Hall–Kier alpha value is -2.67. The van der Waals surface area contributed by atoms with Crippen molar-refractivity contribution >= 4 is 11.6 Å². The summed E-state index contributed by atoms with van der Waals surface area (Å²) in [7, 11) is 0. The molecule has 1 heterocycles. The molecular weight excluding hydrogens is 238 g/mol. The van der Waals surface area contributed by atoms with Gasteiger partial charge in [0.25, 0.3) is 5.91 Å². The van der Waals surface area contributed by atoms with Gasteiger partial charge in [0.15, 0.2) is 0 Å². The molecule has 0 aliphatic carbocycles. The van der Waals surface area contributed by atoms with Gasteiger partial charge in [0.05, 0.1) is 0 Å². The molecule has 1 amide bonds. The number of para-hydroxylation sites is 1. The van der Waals surface area contributed by atoms with Crippen LogP contribution < -0.4 is 4.90 Å². The third kappa shape index (κ3) is 2.78. The van der Waals surface area contributed by atoms with Gasteiger partial charge in [-0.15, -0.1) is 0 Å². The molecule has 19 heavy (non-hydrogen) atoms. The number of nitrogens with zero attached hydrogens (tertiary/aromatic N) is 3. The lowest BCUT2D eigenvalue weighted by Crippen LogP contribution is -2.31. The Bertz CT molecular complexity index is 617. The lowest BCUT2D eigenvalue weighted by atomic mass is 10.2. The van der Waals surface area contributed by atoms with Crippen molar-refractivity contribution in [2.75, 3.05) is 11.4 Å². The molecule has 0 N–H and O–H groups in total. The van der Waals surface area contributed by atoms with Gasteiger partial charge in [-0.2, -0.15) is 5.26 Å². The predicted octanol–water partition coefficient (Wildman–Crippen LogP) is 2.62. The highest BCUT2D eigenvalue weighted by atomic mass is 16.2. The molecule has 0 bridgehead atoms. The minimum absolute atomic E-state index is 0.203. The molecule has 4 nitrogen and oxygen atoms in total. The van der Waals surface area contributed by atoms with Crippen LogP contribution in [0.4, 0.5) is 5.69 Å².